The highest BCUT2D eigenvalue weighted by atomic mass is 16.6. The van der Waals surface area contributed by atoms with E-state index < -0.39 is 6.09 Å². The van der Waals surface area contributed by atoms with Gasteiger partial charge in [0.15, 0.2) is 0 Å². The van der Waals surface area contributed by atoms with Gasteiger partial charge in [0.2, 0.25) is 5.91 Å². The molecule has 0 N–H and O–H groups in total. The molecule has 1 atom stereocenters. The van der Waals surface area contributed by atoms with Gasteiger partial charge in [0.1, 0.15) is 6.61 Å². The van der Waals surface area contributed by atoms with Crippen molar-refractivity contribution < 1.29 is 14.3 Å². The first-order valence-electron chi connectivity index (χ1n) is 5.92. The van der Waals surface area contributed by atoms with Crippen molar-refractivity contribution in [3.63, 3.8) is 0 Å². The zero-order chi connectivity index (χ0) is 12.3. The van der Waals surface area contributed by atoms with Crippen LogP contribution in [0.1, 0.15) is 40.5 Å². The smallest absolute Gasteiger partial charge is 0.416 e. The summed E-state index contributed by atoms with van der Waals surface area (Å²) in [6, 6.07) is -0.0906. The van der Waals surface area contributed by atoms with Crippen LogP contribution in [-0.2, 0) is 9.53 Å². The third kappa shape index (κ3) is 2.97. The Morgan fingerprint density at radius 2 is 2.06 bits per heavy atom. The molecule has 1 fully saturated rings. The topological polar surface area (TPSA) is 46.6 Å². The van der Waals surface area contributed by atoms with Gasteiger partial charge in [-0.05, 0) is 18.3 Å². The number of carbonyl (C=O) groups is 2. The highest BCUT2D eigenvalue weighted by Gasteiger charge is 2.38. The molecular formula is C12H21NO3. The number of amides is 2. The minimum absolute atomic E-state index is 0.0906. The summed E-state index contributed by atoms with van der Waals surface area (Å²) in [5, 5.41) is 0. The van der Waals surface area contributed by atoms with Crippen LogP contribution in [0.5, 0.6) is 0 Å². The molecule has 0 aliphatic carbocycles. The fourth-order valence-corrected chi connectivity index (χ4v) is 1.75. The molecule has 4 heteroatoms. The number of ether oxygens (including phenoxy) is 1. The Morgan fingerprint density at radius 3 is 2.56 bits per heavy atom. The van der Waals surface area contributed by atoms with Crippen LogP contribution < -0.4 is 0 Å². The summed E-state index contributed by atoms with van der Waals surface area (Å²) >= 11 is 0. The summed E-state index contributed by atoms with van der Waals surface area (Å²) < 4.78 is 4.93. The van der Waals surface area contributed by atoms with Crippen LogP contribution in [-0.4, -0.2) is 29.5 Å². The quantitative estimate of drug-likeness (QED) is 0.741. The molecule has 0 aromatic rings. The molecule has 0 unspecified atom stereocenters. The lowest BCUT2D eigenvalue weighted by Crippen LogP contribution is -2.41. The number of carbonyl (C=O) groups excluding carboxylic acids is 2. The summed E-state index contributed by atoms with van der Waals surface area (Å²) in [6.45, 7) is 8.46. The van der Waals surface area contributed by atoms with Gasteiger partial charge >= 0.3 is 6.09 Å². The second-order valence-corrected chi connectivity index (χ2v) is 5.08. The Hall–Kier alpha value is -1.06. The number of rotatable bonds is 4. The lowest BCUT2D eigenvalue weighted by Gasteiger charge is -2.22. The lowest BCUT2D eigenvalue weighted by atomic mass is 10.0. The van der Waals surface area contributed by atoms with Gasteiger partial charge in [0.25, 0.3) is 0 Å². The fraction of sp³-hybridized carbons (Fsp3) is 0.833. The molecule has 0 saturated carbocycles. The summed E-state index contributed by atoms with van der Waals surface area (Å²) in [5.74, 6) is 0.615. The second kappa shape index (κ2) is 5.32. The molecule has 16 heavy (non-hydrogen) atoms. The number of hydrogen-bond acceptors (Lipinski definition) is 3. The van der Waals surface area contributed by atoms with E-state index in [1.54, 1.807) is 0 Å². The van der Waals surface area contributed by atoms with Crippen LogP contribution in [0.15, 0.2) is 0 Å². The van der Waals surface area contributed by atoms with Crippen molar-refractivity contribution in [2.75, 3.05) is 6.61 Å². The Balaban J connectivity index is 2.61. The number of cyclic esters (lactones) is 1. The van der Waals surface area contributed by atoms with E-state index in [0.717, 1.165) is 6.42 Å². The lowest BCUT2D eigenvalue weighted by molar-refractivity contribution is -0.130. The minimum Gasteiger partial charge on any atom is -0.447 e. The first kappa shape index (κ1) is 13.0. The predicted molar refractivity (Wildman–Crippen MR) is 60.9 cm³/mol. The van der Waals surface area contributed by atoms with Crippen molar-refractivity contribution in [3.05, 3.63) is 0 Å². The van der Waals surface area contributed by atoms with Crippen LogP contribution in [0.3, 0.4) is 0 Å². The average molecular weight is 227 g/mol. The first-order valence-corrected chi connectivity index (χ1v) is 5.92. The Morgan fingerprint density at radius 1 is 1.44 bits per heavy atom. The predicted octanol–water partition coefficient (Wildman–Crippen LogP) is 2.43. The largest absolute Gasteiger partial charge is 0.447 e. The molecule has 92 valence electrons. The standard InChI is InChI=1S/C12H21NO3/c1-8(2)5-6-11(14)13-10(9(3)4)7-16-12(13)15/h8-10H,5-7H2,1-4H3/t10-/m1/s1. The maximum absolute atomic E-state index is 11.9. The third-order valence-electron chi connectivity index (χ3n) is 2.88. The van der Waals surface area contributed by atoms with Crippen LogP contribution >= 0.6 is 0 Å². The first-order chi connectivity index (χ1) is 7.43. The van der Waals surface area contributed by atoms with Crippen molar-refractivity contribution >= 4 is 12.0 Å². The molecular weight excluding hydrogens is 206 g/mol. The Kier molecular flexibility index (Phi) is 4.33. The van der Waals surface area contributed by atoms with Crippen molar-refractivity contribution in [2.45, 2.75) is 46.6 Å². The van der Waals surface area contributed by atoms with Gasteiger partial charge in [0, 0.05) is 6.42 Å². The summed E-state index contributed by atoms with van der Waals surface area (Å²) in [7, 11) is 0. The second-order valence-electron chi connectivity index (χ2n) is 5.08. The molecule has 1 heterocycles. The maximum atomic E-state index is 11.9. The van der Waals surface area contributed by atoms with Crippen molar-refractivity contribution in [1.82, 2.24) is 4.90 Å². The molecule has 0 spiro atoms. The molecule has 0 bridgehead atoms. The van der Waals surface area contributed by atoms with Gasteiger partial charge in [-0.1, -0.05) is 27.7 Å². The molecule has 1 saturated heterocycles. The Bertz CT molecular complexity index is 273. The van der Waals surface area contributed by atoms with Crippen LogP contribution in [0, 0.1) is 11.8 Å². The van der Waals surface area contributed by atoms with Crippen molar-refractivity contribution in [1.29, 1.82) is 0 Å². The van der Waals surface area contributed by atoms with Gasteiger partial charge in [-0.15, -0.1) is 0 Å². The van der Waals surface area contributed by atoms with E-state index in [0.29, 0.717) is 18.9 Å². The van der Waals surface area contributed by atoms with Crippen molar-refractivity contribution in [3.8, 4) is 0 Å². The minimum atomic E-state index is -0.479. The third-order valence-corrected chi connectivity index (χ3v) is 2.88. The molecule has 0 aromatic carbocycles. The van der Waals surface area contributed by atoms with E-state index in [2.05, 4.69) is 13.8 Å². The molecule has 2 amide bonds. The summed E-state index contributed by atoms with van der Waals surface area (Å²) in [6.07, 6.45) is 0.760. The van der Waals surface area contributed by atoms with Crippen LogP contribution in [0.25, 0.3) is 0 Å². The van der Waals surface area contributed by atoms with Gasteiger partial charge < -0.3 is 4.74 Å². The molecule has 1 aliphatic rings. The molecule has 4 nitrogen and oxygen atoms in total. The average Bonchev–Trinajstić information content (AvgIpc) is 2.56. The zero-order valence-corrected chi connectivity index (χ0v) is 10.5. The normalized spacial score (nSPS) is 20.8. The summed E-state index contributed by atoms with van der Waals surface area (Å²) in [4.78, 5) is 24.7. The van der Waals surface area contributed by atoms with Gasteiger partial charge in [-0.2, -0.15) is 0 Å². The van der Waals surface area contributed by atoms with E-state index in [1.807, 2.05) is 13.8 Å². The SMILES string of the molecule is CC(C)CCC(=O)N1C(=O)OC[C@@H]1C(C)C. The number of imide groups is 1. The maximum Gasteiger partial charge on any atom is 0.416 e. The number of nitrogens with zero attached hydrogens (tertiary/aromatic N) is 1. The van der Waals surface area contributed by atoms with E-state index in [9.17, 15) is 9.59 Å². The number of hydrogen-bond donors (Lipinski definition) is 0. The van der Waals surface area contributed by atoms with E-state index in [-0.39, 0.29) is 17.9 Å². The van der Waals surface area contributed by atoms with Crippen LogP contribution in [0.4, 0.5) is 4.79 Å². The molecule has 1 rings (SSSR count). The van der Waals surface area contributed by atoms with Gasteiger partial charge in [-0.3, -0.25) is 4.79 Å². The molecule has 0 aromatic heterocycles. The molecule has 0 radical (unpaired) electrons. The van der Waals surface area contributed by atoms with Gasteiger partial charge in [-0.25, -0.2) is 9.69 Å². The Labute approximate surface area is 96.9 Å². The van der Waals surface area contributed by atoms with E-state index in [4.69, 9.17) is 4.74 Å². The monoisotopic (exact) mass is 227 g/mol. The summed E-state index contributed by atoms with van der Waals surface area (Å²) in [5.41, 5.74) is 0. The fourth-order valence-electron chi connectivity index (χ4n) is 1.75. The van der Waals surface area contributed by atoms with E-state index in [1.165, 1.54) is 4.90 Å². The zero-order valence-electron chi connectivity index (χ0n) is 10.5. The van der Waals surface area contributed by atoms with E-state index >= 15 is 0 Å². The highest BCUT2D eigenvalue weighted by molar-refractivity contribution is 5.93. The van der Waals surface area contributed by atoms with Gasteiger partial charge in [0.05, 0.1) is 6.04 Å². The molecule has 1 aliphatic heterocycles. The highest BCUT2D eigenvalue weighted by Crippen LogP contribution is 2.21. The van der Waals surface area contributed by atoms with Crippen molar-refractivity contribution in [2.24, 2.45) is 11.8 Å². The van der Waals surface area contributed by atoms with Crippen LogP contribution in [0.2, 0.25) is 0 Å².